The summed E-state index contributed by atoms with van der Waals surface area (Å²) in [6, 6.07) is 13.7. The lowest BCUT2D eigenvalue weighted by Crippen LogP contribution is -2.35. The van der Waals surface area contributed by atoms with Crippen molar-refractivity contribution in [2.24, 2.45) is 0 Å². The molecule has 0 saturated heterocycles. The fraction of sp³-hybridized carbons (Fsp3) is 0.238. The number of thiazole rings is 1. The van der Waals surface area contributed by atoms with Gasteiger partial charge in [0.1, 0.15) is 5.75 Å². The lowest BCUT2D eigenvalue weighted by molar-refractivity contribution is 0.102. The predicted octanol–water partition coefficient (Wildman–Crippen LogP) is 3.46. The third-order valence-corrected chi connectivity index (χ3v) is 7.75. The van der Waals surface area contributed by atoms with Gasteiger partial charge in [0.25, 0.3) is 5.91 Å². The van der Waals surface area contributed by atoms with Gasteiger partial charge >= 0.3 is 0 Å². The van der Waals surface area contributed by atoms with Crippen molar-refractivity contribution in [1.82, 2.24) is 9.29 Å². The first-order chi connectivity index (χ1) is 14.4. The molecule has 30 heavy (non-hydrogen) atoms. The summed E-state index contributed by atoms with van der Waals surface area (Å²) >= 11 is 1.31. The Morgan fingerprint density at radius 3 is 2.67 bits per heavy atom. The Labute approximate surface area is 179 Å². The van der Waals surface area contributed by atoms with E-state index in [2.05, 4.69) is 10.3 Å². The fourth-order valence-corrected chi connectivity index (χ4v) is 5.79. The molecule has 4 rings (SSSR count). The van der Waals surface area contributed by atoms with E-state index in [1.165, 1.54) is 22.8 Å². The molecule has 7 nitrogen and oxygen atoms in total. The zero-order valence-corrected chi connectivity index (χ0v) is 18.2. The van der Waals surface area contributed by atoms with Crippen molar-refractivity contribution in [3.63, 3.8) is 0 Å². The van der Waals surface area contributed by atoms with Gasteiger partial charge in [-0.15, -0.1) is 11.3 Å². The maximum atomic E-state index is 13.0. The smallest absolute Gasteiger partial charge is 0.257 e. The molecule has 0 radical (unpaired) electrons. The van der Waals surface area contributed by atoms with Gasteiger partial charge in [-0.1, -0.05) is 17.7 Å². The van der Waals surface area contributed by atoms with Crippen LogP contribution in [0.3, 0.4) is 0 Å². The van der Waals surface area contributed by atoms with Crippen molar-refractivity contribution < 1.29 is 17.9 Å². The molecule has 0 bridgehead atoms. The molecule has 0 saturated carbocycles. The van der Waals surface area contributed by atoms with Crippen LogP contribution in [0.25, 0.3) is 0 Å². The fourth-order valence-electron chi connectivity index (χ4n) is 3.28. The Kier molecular flexibility index (Phi) is 5.59. The lowest BCUT2D eigenvalue weighted by Gasteiger charge is -2.25. The largest absolute Gasteiger partial charge is 0.497 e. The number of carbonyl (C=O) groups excluding carboxylic acids is 1. The summed E-state index contributed by atoms with van der Waals surface area (Å²) in [5, 5.41) is 3.31. The number of nitrogens with one attached hydrogen (secondary N) is 1. The van der Waals surface area contributed by atoms with Crippen LogP contribution >= 0.6 is 11.3 Å². The summed E-state index contributed by atoms with van der Waals surface area (Å²) in [4.78, 5) is 18.0. The van der Waals surface area contributed by atoms with E-state index in [0.29, 0.717) is 29.4 Å². The number of ether oxygens (including phenoxy) is 1. The van der Waals surface area contributed by atoms with E-state index in [-0.39, 0.29) is 17.3 Å². The van der Waals surface area contributed by atoms with Gasteiger partial charge in [0, 0.05) is 23.4 Å². The second-order valence-corrected chi connectivity index (χ2v) is 10.00. The SMILES string of the molecule is COc1ccc(S(=O)(=O)N2CCc3nc(NC(=O)c4cccc(C)c4)sc3C2)cc1. The van der Waals surface area contributed by atoms with Gasteiger partial charge in [0.2, 0.25) is 10.0 Å². The minimum atomic E-state index is -3.62. The molecule has 1 amide bonds. The molecular formula is C21H21N3O4S2. The number of aryl methyl sites for hydroxylation is 1. The average Bonchev–Trinajstić information content (AvgIpc) is 3.15. The van der Waals surface area contributed by atoms with Gasteiger partial charge in [0.15, 0.2) is 5.13 Å². The van der Waals surface area contributed by atoms with Crippen LogP contribution in [0.1, 0.15) is 26.5 Å². The molecule has 0 unspecified atom stereocenters. The van der Waals surface area contributed by atoms with Gasteiger partial charge in [0.05, 0.1) is 24.2 Å². The lowest BCUT2D eigenvalue weighted by atomic mass is 10.1. The zero-order valence-electron chi connectivity index (χ0n) is 16.6. The number of fused-ring (bicyclic) bond motifs is 1. The minimum Gasteiger partial charge on any atom is -0.497 e. The maximum absolute atomic E-state index is 13.0. The monoisotopic (exact) mass is 443 g/mol. The molecular weight excluding hydrogens is 422 g/mol. The Hall–Kier alpha value is -2.75. The van der Waals surface area contributed by atoms with E-state index in [1.807, 2.05) is 25.1 Å². The van der Waals surface area contributed by atoms with Crippen LogP contribution in [0.15, 0.2) is 53.4 Å². The number of amides is 1. The number of carbonyl (C=O) groups is 1. The normalized spacial score (nSPS) is 14.2. The molecule has 1 N–H and O–H groups in total. The molecule has 2 aromatic carbocycles. The number of hydrogen-bond acceptors (Lipinski definition) is 6. The van der Waals surface area contributed by atoms with E-state index in [9.17, 15) is 13.2 Å². The number of methoxy groups -OCH3 is 1. The van der Waals surface area contributed by atoms with Crippen LogP contribution in [0.5, 0.6) is 5.75 Å². The highest BCUT2D eigenvalue weighted by atomic mass is 32.2. The second kappa shape index (κ2) is 8.17. The third kappa shape index (κ3) is 4.09. The van der Waals surface area contributed by atoms with Crippen LogP contribution in [0.2, 0.25) is 0 Å². The first-order valence-electron chi connectivity index (χ1n) is 9.37. The molecule has 0 atom stereocenters. The number of aromatic nitrogens is 1. The highest BCUT2D eigenvalue weighted by molar-refractivity contribution is 7.89. The summed E-state index contributed by atoms with van der Waals surface area (Å²) in [7, 11) is -2.09. The molecule has 1 aliphatic heterocycles. The van der Waals surface area contributed by atoms with Gasteiger partial charge in [-0.2, -0.15) is 4.31 Å². The van der Waals surface area contributed by atoms with Crippen molar-refractivity contribution in [3.05, 3.63) is 70.2 Å². The average molecular weight is 444 g/mol. The topological polar surface area (TPSA) is 88.6 Å². The summed E-state index contributed by atoms with van der Waals surface area (Å²) in [5.41, 5.74) is 2.40. The van der Waals surface area contributed by atoms with Crippen LogP contribution in [-0.4, -0.2) is 37.3 Å². The number of anilines is 1. The number of hydrogen-bond donors (Lipinski definition) is 1. The minimum absolute atomic E-state index is 0.226. The van der Waals surface area contributed by atoms with E-state index in [0.717, 1.165) is 16.1 Å². The highest BCUT2D eigenvalue weighted by Crippen LogP contribution is 2.31. The number of nitrogens with zero attached hydrogens (tertiary/aromatic N) is 2. The molecule has 0 spiro atoms. The third-order valence-electron chi connectivity index (χ3n) is 4.89. The Balaban J connectivity index is 1.50. The van der Waals surface area contributed by atoms with E-state index >= 15 is 0 Å². The molecule has 1 aliphatic rings. The molecule has 2 heterocycles. The van der Waals surface area contributed by atoms with E-state index < -0.39 is 10.0 Å². The summed E-state index contributed by atoms with van der Waals surface area (Å²) in [5.74, 6) is 0.374. The van der Waals surface area contributed by atoms with Gasteiger partial charge < -0.3 is 4.74 Å². The summed E-state index contributed by atoms with van der Waals surface area (Å²) in [6.07, 6.45) is 0.502. The Morgan fingerprint density at radius 1 is 1.20 bits per heavy atom. The highest BCUT2D eigenvalue weighted by Gasteiger charge is 2.30. The first-order valence-corrected chi connectivity index (χ1v) is 11.6. The van der Waals surface area contributed by atoms with Gasteiger partial charge in [-0.25, -0.2) is 13.4 Å². The molecule has 1 aromatic heterocycles. The number of sulfonamides is 1. The molecule has 0 fully saturated rings. The van der Waals surface area contributed by atoms with Gasteiger partial charge in [-0.3, -0.25) is 10.1 Å². The number of rotatable bonds is 5. The van der Waals surface area contributed by atoms with Crippen LogP contribution < -0.4 is 10.1 Å². The molecule has 9 heteroatoms. The van der Waals surface area contributed by atoms with Crippen LogP contribution in [0, 0.1) is 6.92 Å². The van der Waals surface area contributed by atoms with Crippen molar-refractivity contribution in [2.75, 3.05) is 19.0 Å². The van der Waals surface area contributed by atoms with E-state index in [1.54, 1.807) is 30.3 Å². The quantitative estimate of drug-likeness (QED) is 0.652. The molecule has 3 aromatic rings. The van der Waals surface area contributed by atoms with Crippen molar-refractivity contribution in [3.8, 4) is 5.75 Å². The maximum Gasteiger partial charge on any atom is 0.257 e. The zero-order chi connectivity index (χ0) is 21.3. The second-order valence-electron chi connectivity index (χ2n) is 6.98. The Morgan fingerprint density at radius 2 is 1.97 bits per heavy atom. The Bertz CT molecular complexity index is 1190. The van der Waals surface area contributed by atoms with Crippen molar-refractivity contribution in [1.29, 1.82) is 0 Å². The van der Waals surface area contributed by atoms with Crippen molar-refractivity contribution in [2.45, 2.75) is 24.8 Å². The molecule has 156 valence electrons. The standard InChI is InChI=1S/C21H21N3O4S2/c1-14-4-3-5-15(12-14)20(25)23-21-22-18-10-11-24(13-19(18)29-21)30(26,27)17-8-6-16(28-2)7-9-17/h3-9,12H,10-11,13H2,1-2H3,(H,22,23,25). The number of benzene rings is 2. The van der Waals surface area contributed by atoms with Crippen LogP contribution in [0.4, 0.5) is 5.13 Å². The predicted molar refractivity (Wildman–Crippen MR) is 116 cm³/mol. The first kappa shape index (κ1) is 20.5. The van der Waals surface area contributed by atoms with Crippen LogP contribution in [-0.2, 0) is 23.0 Å². The summed E-state index contributed by atoms with van der Waals surface area (Å²) < 4.78 is 32.5. The summed E-state index contributed by atoms with van der Waals surface area (Å²) in [6.45, 7) is 2.51. The molecule has 0 aliphatic carbocycles. The van der Waals surface area contributed by atoms with Gasteiger partial charge in [-0.05, 0) is 43.3 Å². The van der Waals surface area contributed by atoms with E-state index in [4.69, 9.17) is 4.74 Å². The van der Waals surface area contributed by atoms with Crippen molar-refractivity contribution >= 4 is 32.4 Å².